The number of halogens is 1. The summed E-state index contributed by atoms with van der Waals surface area (Å²) in [5, 5.41) is 13.8. The van der Waals surface area contributed by atoms with Gasteiger partial charge in [0.1, 0.15) is 0 Å². The molecule has 1 fully saturated rings. The quantitative estimate of drug-likeness (QED) is 0.705. The molecule has 1 unspecified atom stereocenters. The number of nitrogens with zero attached hydrogens (tertiary/aromatic N) is 3. The highest BCUT2D eigenvalue weighted by Gasteiger charge is 2.33. The van der Waals surface area contributed by atoms with Gasteiger partial charge < -0.3 is 10.0 Å². The van der Waals surface area contributed by atoms with Crippen LogP contribution in [0, 0.1) is 5.82 Å². The lowest BCUT2D eigenvalue weighted by molar-refractivity contribution is 0.154. The van der Waals surface area contributed by atoms with Crippen LogP contribution in [0.3, 0.4) is 0 Å². The van der Waals surface area contributed by atoms with E-state index in [1.807, 2.05) is 0 Å². The van der Waals surface area contributed by atoms with Gasteiger partial charge in [0.05, 0.1) is 23.7 Å². The predicted octanol–water partition coefficient (Wildman–Crippen LogP) is -1.16. The van der Waals surface area contributed by atoms with E-state index in [1.54, 1.807) is 0 Å². The normalized spacial score (nSPS) is 25.2. The van der Waals surface area contributed by atoms with Crippen LogP contribution >= 0.6 is 0 Å². The van der Waals surface area contributed by atoms with Crippen molar-refractivity contribution in [2.45, 2.75) is 17.8 Å². The largest absolute Gasteiger partial charge is 0.391 e. The van der Waals surface area contributed by atoms with E-state index in [-0.39, 0.29) is 25.5 Å². The van der Waals surface area contributed by atoms with E-state index in [0.29, 0.717) is 0 Å². The molecule has 1 aromatic heterocycles. The molecule has 100 valence electrons. The lowest BCUT2D eigenvalue weighted by Crippen LogP contribution is -2.50. The molecule has 0 saturated carbocycles. The number of hydrogen-bond donors (Lipinski definition) is 2. The molecule has 0 aliphatic carbocycles. The molecule has 1 saturated heterocycles. The molecule has 7 nitrogen and oxygen atoms in total. The summed E-state index contributed by atoms with van der Waals surface area (Å²) in [7, 11) is -3.74. The first-order valence-corrected chi connectivity index (χ1v) is 6.89. The molecule has 2 rings (SSSR count). The number of sulfonamides is 1. The third-order valence-corrected chi connectivity index (χ3v) is 4.02. The minimum atomic E-state index is -3.74. The fourth-order valence-electron chi connectivity index (χ4n) is 1.90. The molecule has 2 atom stereocenters. The zero-order valence-electron chi connectivity index (χ0n) is 9.40. The van der Waals surface area contributed by atoms with Gasteiger partial charge in [-0.05, 0) is 6.42 Å². The summed E-state index contributed by atoms with van der Waals surface area (Å²) >= 11 is 0. The second-order valence-corrected chi connectivity index (χ2v) is 6.05. The summed E-state index contributed by atoms with van der Waals surface area (Å²) in [5.41, 5.74) is 0. The third-order valence-electron chi connectivity index (χ3n) is 2.74. The lowest BCUT2D eigenvalue weighted by Gasteiger charge is -2.34. The predicted molar refractivity (Wildman–Crippen MR) is 61.7 cm³/mol. The number of hydrogen-bond acceptors (Lipinski definition) is 6. The van der Waals surface area contributed by atoms with Gasteiger partial charge in [-0.2, -0.15) is 0 Å². The highest BCUT2D eigenvalue weighted by atomic mass is 32.2. The Hall–Kier alpha value is -1.32. The summed E-state index contributed by atoms with van der Waals surface area (Å²) in [6, 6.07) is 0. The number of primary sulfonamides is 1. The van der Waals surface area contributed by atoms with Crippen LogP contribution in [-0.4, -0.2) is 47.9 Å². The number of β-amino-alcohol motifs (C(OH)–C–C–N with tert-alkyl or cyclic N) is 1. The molecule has 3 N–H and O–H groups in total. The van der Waals surface area contributed by atoms with Gasteiger partial charge in [-0.1, -0.05) is 0 Å². The second-order valence-electron chi connectivity index (χ2n) is 4.21. The van der Waals surface area contributed by atoms with Crippen LogP contribution in [0.5, 0.6) is 0 Å². The van der Waals surface area contributed by atoms with Crippen molar-refractivity contribution in [3.63, 3.8) is 0 Å². The SMILES string of the molecule is NS(=O)(=O)[C@@H]1CC(O)CN(c2ncc(F)cn2)C1. The molecule has 1 aromatic rings. The summed E-state index contributed by atoms with van der Waals surface area (Å²) in [6.07, 6.45) is 1.21. The zero-order chi connectivity index (χ0) is 13.3. The molecule has 18 heavy (non-hydrogen) atoms. The van der Waals surface area contributed by atoms with E-state index >= 15 is 0 Å². The van der Waals surface area contributed by atoms with Crippen LogP contribution in [0.1, 0.15) is 6.42 Å². The Morgan fingerprint density at radius 1 is 1.39 bits per heavy atom. The van der Waals surface area contributed by atoms with Crippen molar-refractivity contribution < 1.29 is 17.9 Å². The summed E-state index contributed by atoms with van der Waals surface area (Å²) < 4.78 is 35.3. The number of anilines is 1. The topological polar surface area (TPSA) is 109 Å². The van der Waals surface area contributed by atoms with Crippen molar-refractivity contribution in [2.75, 3.05) is 18.0 Å². The maximum Gasteiger partial charge on any atom is 0.225 e. The van der Waals surface area contributed by atoms with Gasteiger partial charge >= 0.3 is 0 Å². The Morgan fingerprint density at radius 2 is 2.00 bits per heavy atom. The molecular weight excluding hydrogens is 263 g/mol. The van der Waals surface area contributed by atoms with Crippen molar-refractivity contribution in [2.24, 2.45) is 5.14 Å². The van der Waals surface area contributed by atoms with E-state index in [4.69, 9.17) is 5.14 Å². The molecule has 0 spiro atoms. The van der Waals surface area contributed by atoms with Crippen LogP contribution in [0.4, 0.5) is 10.3 Å². The maximum atomic E-state index is 12.7. The van der Waals surface area contributed by atoms with Crippen LogP contribution < -0.4 is 10.0 Å². The smallest absolute Gasteiger partial charge is 0.225 e. The van der Waals surface area contributed by atoms with Gasteiger partial charge in [0.15, 0.2) is 5.82 Å². The molecule has 2 heterocycles. The fourth-order valence-corrected chi connectivity index (χ4v) is 2.78. The molecule has 0 amide bonds. The highest BCUT2D eigenvalue weighted by Crippen LogP contribution is 2.19. The van der Waals surface area contributed by atoms with Crippen LogP contribution in [0.25, 0.3) is 0 Å². The highest BCUT2D eigenvalue weighted by molar-refractivity contribution is 7.89. The average Bonchev–Trinajstić information content (AvgIpc) is 2.28. The first kappa shape index (κ1) is 13.1. The fraction of sp³-hybridized carbons (Fsp3) is 0.556. The van der Waals surface area contributed by atoms with Crippen LogP contribution in [-0.2, 0) is 10.0 Å². The van der Waals surface area contributed by atoms with Crippen molar-refractivity contribution in [1.82, 2.24) is 9.97 Å². The Balaban J connectivity index is 2.21. The van der Waals surface area contributed by atoms with Crippen molar-refractivity contribution in [3.8, 4) is 0 Å². The lowest BCUT2D eigenvalue weighted by atomic mass is 10.1. The molecular formula is C9H13FN4O3S. The van der Waals surface area contributed by atoms with Gasteiger partial charge in [0, 0.05) is 13.1 Å². The van der Waals surface area contributed by atoms with Crippen molar-refractivity contribution in [3.05, 3.63) is 18.2 Å². The summed E-state index contributed by atoms with van der Waals surface area (Å²) in [6.45, 7) is 0.277. The summed E-state index contributed by atoms with van der Waals surface area (Å²) in [4.78, 5) is 8.97. The van der Waals surface area contributed by atoms with Crippen LogP contribution in [0.2, 0.25) is 0 Å². The monoisotopic (exact) mass is 276 g/mol. The molecule has 9 heteroatoms. The first-order valence-electron chi connectivity index (χ1n) is 5.28. The van der Waals surface area contributed by atoms with E-state index in [0.717, 1.165) is 12.4 Å². The van der Waals surface area contributed by atoms with Gasteiger partial charge in [-0.25, -0.2) is 27.9 Å². The number of nitrogens with two attached hydrogens (primary N) is 1. The molecule has 1 aliphatic heterocycles. The summed E-state index contributed by atoms with van der Waals surface area (Å²) in [5.74, 6) is -0.414. The Labute approximate surface area is 104 Å². The van der Waals surface area contributed by atoms with E-state index < -0.39 is 27.2 Å². The molecule has 0 aromatic carbocycles. The maximum absolute atomic E-state index is 12.7. The van der Waals surface area contributed by atoms with E-state index in [2.05, 4.69) is 9.97 Å². The molecule has 0 radical (unpaired) electrons. The number of piperidine rings is 1. The first-order chi connectivity index (χ1) is 8.36. The zero-order valence-corrected chi connectivity index (χ0v) is 10.2. The number of rotatable bonds is 2. The van der Waals surface area contributed by atoms with Gasteiger partial charge in [0.25, 0.3) is 0 Å². The molecule has 0 bridgehead atoms. The van der Waals surface area contributed by atoms with Crippen LogP contribution in [0.15, 0.2) is 12.4 Å². The van der Waals surface area contributed by atoms with Gasteiger partial charge in [-0.15, -0.1) is 0 Å². The van der Waals surface area contributed by atoms with Crippen molar-refractivity contribution >= 4 is 16.0 Å². The number of aliphatic hydroxyl groups excluding tert-OH is 1. The minimum Gasteiger partial charge on any atom is -0.391 e. The van der Waals surface area contributed by atoms with Crippen molar-refractivity contribution in [1.29, 1.82) is 0 Å². The van der Waals surface area contributed by atoms with E-state index in [1.165, 1.54) is 4.90 Å². The van der Waals surface area contributed by atoms with Gasteiger partial charge in [-0.3, -0.25) is 0 Å². The van der Waals surface area contributed by atoms with E-state index in [9.17, 15) is 17.9 Å². The molecule has 1 aliphatic rings. The standard InChI is InChI=1S/C9H13FN4O3S/c10-6-2-12-9(13-3-6)14-4-7(15)1-8(5-14)18(11,16)17/h2-3,7-8,15H,1,4-5H2,(H2,11,16,17)/t7?,8-/m1/s1. The average molecular weight is 276 g/mol. The van der Waals surface area contributed by atoms with Gasteiger partial charge in [0.2, 0.25) is 16.0 Å². The minimum absolute atomic E-state index is 0.0799. The number of aromatic nitrogens is 2. The third kappa shape index (κ3) is 2.92. The Kier molecular flexibility index (Phi) is 3.46. The Morgan fingerprint density at radius 3 is 2.56 bits per heavy atom. The second kappa shape index (κ2) is 4.75. The number of aliphatic hydroxyl groups is 1. The Bertz CT molecular complexity index is 521.